The molecule has 156 valence electrons. The summed E-state index contributed by atoms with van der Waals surface area (Å²) in [5.41, 5.74) is 4.28. The van der Waals surface area contributed by atoms with Gasteiger partial charge in [-0.2, -0.15) is 0 Å². The summed E-state index contributed by atoms with van der Waals surface area (Å²) in [6.45, 7) is 8.35. The van der Waals surface area contributed by atoms with Gasteiger partial charge in [-0.05, 0) is 26.0 Å². The molecule has 2 aromatic rings. The van der Waals surface area contributed by atoms with E-state index in [1.54, 1.807) is 14.2 Å². The second kappa shape index (κ2) is 9.49. The molecule has 0 spiro atoms. The molecule has 0 unspecified atom stereocenters. The number of guanidine groups is 1. The molecular weight excluding hydrogens is 366 g/mol. The number of nitrogens with one attached hydrogen (secondary N) is 1. The van der Waals surface area contributed by atoms with Crippen LogP contribution in [0.25, 0.3) is 0 Å². The third-order valence-corrected chi connectivity index (χ3v) is 5.37. The molecule has 1 N–H and O–H groups in total. The first kappa shape index (κ1) is 20.8. The lowest BCUT2D eigenvalue weighted by Crippen LogP contribution is -2.52. The largest absolute Gasteiger partial charge is 0.497 e. The first-order valence-corrected chi connectivity index (χ1v) is 9.91. The zero-order valence-corrected chi connectivity index (χ0v) is 18.0. The van der Waals surface area contributed by atoms with Gasteiger partial charge in [0.05, 0.1) is 26.5 Å². The monoisotopic (exact) mass is 397 g/mol. The molecule has 0 saturated carbocycles. The number of hydrogen-bond acceptors (Lipinski definition) is 5. The molecule has 0 amide bonds. The van der Waals surface area contributed by atoms with Crippen molar-refractivity contribution >= 4 is 11.6 Å². The molecule has 1 aromatic heterocycles. The topological polar surface area (TPSA) is 62.2 Å². The van der Waals surface area contributed by atoms with Crippen LogP contribution in [-0.4, -0.2) is 63.3 Å². The Morgan fingerprint density at radius 1 is 1.14 bits per heavy atom. The van der Waals surface area contributed by atoms with Crippen molar-refractivity contribution in [3.8, 4) is 11.5 Å². The number of aryl methyl sites for hydroxylation is 1. The van der Waals surface area contributed by atoms with E-state index >= 15 is 0 Å². The minimum Gasteiger partial charge on any atom is -0.497 e. The van der Waals surface area contributed by atoms with Crippen molar-refractivity contribution in [2.24, 2.45) is 4.99 Å². The van der Waals surface area contributed by atoms with Crippen LogP contribution in [0.15, 0.2) is 35.5 Å². The van der Waals surface area contributed by atoms with E-state index in [2.05, 4.69) is 37.2 Å². The Labute approximate surface area is 173 Å². The molecule has 0 radical (unpaired) electrons. The Hall–Kier alpha value is -2.96. The SMILES string of the molecule is CN=C(NCc1ncc(C)c(OC)c1C)N1CCN(c2cccc(OC)c2)CC1. The molecule has 1 fully saturated rings. The smallest absolute Gasteiger partial charge is 0.194 e. The van der Waals surface area contributed by atoms with Crippen molar-refractivity contribution in [2.45, 2.75) is 20.4 Å². The van der Waals surface area contributed by atoms with Gasteiger partial charge < -0.3 is 24.6 Å². The Morgan fingerprint density at radius 2 is 1.90 bits per heavy atom. The van der Waals surface area contributed by atoms with E-state index in [0.717, 1.165) is 60.5 Å². The number of hydrogen-bond donors (Lipinski definition) is 1. The van der Waals surface area contributed by atoms with Crippen molar-refractivity contribution < 1.29 is 9.47 Å². The van der Waals surface area contributed by atoms with Crippen LogP contribution in [0.5, 0.6) is 11.5 Å². The molecule has 7 heteroatoms. The van der Waals surface area contributed by atoms with Crippen LogP contribution in [-0.2, 0) is 6.54 Å². The highest BCUT2D eigenvalue weighted by Gasteiger charge is 2.20. The highest BCUT2D eigenvalue weighted by Crippen LogP contribution is 2.24. The Bertz CT molecular complexity index is 860. The maximum atomic E-state index is 5.51. The predicted octanol–water partition coefficient (Wildman–Crippen LogP) is 2.61. The number of methoxy groups -OCH3 is 2. The summed E-state index contributed by atoms with van der Waals surface area (Å²) in [5, 5.41) is 3.46. The number of aliphatic imine (C=N–C) groups is 1. The Balaban J connectivity index is 1.60. The van der Waals surface area contributed by atoms with E-state index in [1.165, 1.54) is 5.69 Å². The second-order valence-electron chi connectivity index (χ2n) is 7.12. The maximum Gasteiger partial charge on any atom is 0.194 e. The van der Waals surface area contributed by atoms with Crippen LogP contribution in [0, 0.1) is 13.8 Å². The van der Waals surface area contributed by atoms with Gasteiger partial charge in [-0.1, -0.05) is 6.07 Å². The minimum absolute atomic E-state index is 0.616. The highest BCUT2D eigenvalue weighted by atomic mass is 16.5. The summed E-state index contributed by atoms with van der Waals surface area (Å²) in [6.07, 6.45) is 1.86. The summed E-state index contributed by atoms with van der Waals surface area (Å²) in [5.74, 6) is 2.69. The first-order chi connectivity index (χ1) is 14.1. The third kappa shape index (κ3) is 4.72. The predicted molar refractivity (Wildman–Crippen MR) is 117 cm³/mol. The second-order valence-corrected chi connectivity index (χ2v) is 7.12. The molecule has 0 atom stereocenters. The lowest BCUT2D eigenvalue weighted by atomic mass is 10.1. The van der Waals surface area contributed by atoms with Gasteiger partial charge in [0.25, 0.3) is 0 Å². The van der Waals surface area contributed by atoms with E-state index in [-0.39, 0.29) is 0 Å². The van der Waals surface area contributed by atoms with Gasteiger partial charge in [0.15, 0.2) is 5.96 Å². The maximum absolute atomic E-state index is 5.51. The summed E-state index contributed by atoms with van der Waals surface area (Å²) >= 11 is 0. The lowest BCUT2D eigenvalue weighted by Gasteiger charge is -2.37. The van der Waals surface area contributed by atoms with Crippen molar-refractivity contribution in [3.63, 3.8) is 0 Å². The summed E-state index contributed by atoms with van der Waals surface area (Å²) in [4.78, 5) is 13.7. The number of pyridine rings is 1. The van der Waals surface area contributed by atoms with Crippen LogP contribution >= 0.6 is 0 Å². The van der Waals surface area contributed by atoms with Crippen molar-refractivity contribution in [1.82, 2.24) is 15.2 Å². The standard InChI is InChI=1S/C22H31N5O2/c1-16-14-24-20(17(2)21(16)29-5)15-25-22(23-3)27-11-9-26(10-12-27)18-7-6-8-19(13-18)28-4/h6-8,13-14H,9-12,15H2,1-5H3,(H,23,25). The van der Waals surface area contributed by atoms with E-state index in [1.807, 2.05) is 39.2 Å². The van der Waals surface area contributed by atoms with Gasteiger partial charge in [0.1, 0.15) is 11.5 Å². The molecule has 1 aromatic carbocycles. The van der Waals surface area contributed by atoms with Crippen molar-refractivity contribution in [1.29, 1.82) is 0 Å². The number of piperazine rings is 1. The number of benzene rings is 1. The molecular formula is C22H31N5O2. The average Bonchev–Trinajstić information content (AvgIpc) is 2.76. The zero-order chi connectivity index (χ0) is 20.8. The number of anilines is 1. The van der Waals surface area contributed by atoms with Crippen LogP contribution in [0.1, 0.15) is 16.8 Å². The lowest BCUT2D eigenvalue weighted by molar-refractivity contribution is 0.371. The van der Waals surface area contributed by atoms with Gasteiger partial charge in [0, 0.05) is 62.3 Å². The van der Waals surface area contributed by atoms with E-state index in [9.17, 15) is 0 Å². The first-order valence-electron chi connectivity index (χ1n) is 9.91. The summed E-state index contributed by atoms with van der Waals surface area (Å²) in [7, 11) is 5.23. The van der Waals surface area contributed by atoms with Gasteiger partial charge in [-0.15, -0.1) is 0 Å². The van der Waals surface area contributed by atoms with Crippen LogP contribution in [0.4, 0.5) is 5.69 Å². The quantitative estimate of drug-likeness (QED) is 0.618. The number of ether oxygens (including phenoxy) is 2. The Morgan fingerprint density at radius 3 is 2.55 bits per heavy atom. The average molecular weight is 398 g/mol. The minimum atomic E-state index is 0.616. The normalized spacial score (nSPS) is 14.7. The number of nitrogens with zero attached hydrogens (tertiary/aromatic N) is 4. The van der Waals surface area contributed by atoms with Crippen molar-refractivity contribution in [2.75, 3.05) is 52.3 Å². The molecule has 0 aliphatic carbocycles. The molecule has 3 rings (SSSR count). The number of aromatic nitrogens is 1. The summed E-state index contributed by atoms with van der Waals surface area (Å²) in [6, 6.07) is 8.22. The van der Waals surface area contributed by atoms with Gasteiger partial charge in [-0.25, -0.2) is 0 Å². The molecule has 0 bridgehead atoms. The third-order valence-electron chi connectivity index (χ3n) is 5.37. The molecule has 1 aliphatic rings. The van der Waals surface area contributed by atoms with E-state index < -0.39 is 0 Å². The molecule has 1 aliphatic heterocycles. The van der Waals surface area contributed by atoms with Gasteiger partial charge >= 0.3 is 0 Å². The fourth-order valence-corrected chi connectivity index (χ4v) is 3.73. The molecule has 1 saturated heterocycles. The number of rotatable bonds is 5. The molecule has 2 heterocycles. The van der Waals surface area contributed by atoms with Crippen molar-refractivity contribution in [3.05, 3.63) is 47.3 Å². The van der Waals surface area contributed by atoms with Crippen LogP contribution in [0.2, 0.25) is 0 Å². The highest BCUT2D eigenvalue weighted by molar-refractivity contribution is 5.80. The molecule has 7 nitrogen and oxygen atoms in total. The fourth-order valence-electron chi connectivity index (χ4n) is 3.73. The van der Waals surface area contributed by atoms with E-state index in [0.29, 0.717) is 6.54 Å². The van der Waals surface area contributed by atoms with Gasteiger partial charge in [0.2, 0.25) is 0 Å². The molecule has 29 heavy (non-hydrogen) atoms. The summed E-state index contributed by atoms with van der Waals surface area (Å²) < 4.78 is 10.9. The van der Waals surface area contributed by atoms with Crippen LogP contribution < -0.4 is 19.7 Å². The zero-order valence-electron chi connectivity index (χ0n) is 18.0. The van der Waals surface area contributed by atoms with E-state index in [4.69, 9.17) is 9.47 Å². The van der Waals surface area contributed by atoms with Crippen LogP contribution in [0.3, 0.4) is 0 Å². The Kier molecular flexibility index (Phi) is 6.80. The van der Waals surface area contributed by atoms with Gasteiger partial charge in [-0.3, -0.25) is 9.98 Å². The fraction of sp³-hybridized carbons (Fsp3) is 0.455.